The second-order valence-corrected chi connectivity index (χ2v) is 16.0. The molecule has 276 valence electrons. The minimum Gasteiger partial charge on any atom is -0.471 e. The van der Waals surface area contributed by atoms with Gasteiger partial charge in [0, 0.05) is 25.6 Å². The van der Waals surface area contributed by atoms with Crippen LogP contribution in [-0.2, 0) is 31.5 Å². The molecule has 1 saturated heterocycles. The van der Waals surface area contributed by atoms with E-state index >= 15 is 0 Å². The van der Waals surface area contributed by atoms with E-state index in [9.17, 15) is 32.0 Å². The number of ether oxygens (including phenoxy) is 1. The van der Waals surface area contributed by atoms with Crippen molar-refractivity contribution in [3.63, 3.8) is 0 Å². The molecule has 3 N–H and O–H groups in total. The van der Waals surface area contributed by atoms with E-state index in [1.807, 2.05) is 12.2 Å². The van der Waals surface area contributed by atoms with Gasteiger partial charge in [-0.1, -0.05) is 31.1 Å². The lowest BCUT2D eigenvalue weighted by Crippen LogP contribution is -2.58. The predicted molar refractivity (Wildman–Crippen MR) is 185 cm³/mol. The first-order chi connectivity index (χ1) is 24.9. The van der Waals surface area contributed by atoms with Gasteiger partial charge in [0.1, 0.15) is 40.6 Å². The number of hydrogen-bond donors (Lipinski definition) is 3. The largest absolute Gasteiger partial charge is 0.471 e. The zero-order chi connectivity index (χ0) is 36.8. The summed E-state index contributed by atoms with van der Waals surface area (Å²) in [5.41, 5.74) is -0.568. The third kappa shape index (κ3) is 7.10. The molecule has 2 aliphatic heterocycles. The van der Waals surface area contributed by atoms with Crippen LogP contribution in [0.4, 0.5) is 4.39 Å². The van der Waals surface area contributed by atoms with E-state index in [-0.39, 0.29) is 36.5 Å². The Kier molecular flexibility index (Phi) is 9.48. The maximum absolute atomic E-state index is 14.7. The van der Waals surface area contributed by atoms with E-state index in [4.69, 9.17) is 4.74 Å². The molecular weight excluding hydrogens is 695 g/mol. The van der Waals surface area contributed by atoms with Crippen LogP contribution in [-0.4, -0.2) is 92.2 Å². The smallest absolute Gasteiger partial charge is 0.270 e. The number of benzene rings is 1. The van der Waals surface area contributed by atoms with Gasteiger partial charge in [-0.25, -0.2) is 22.8 Å². The summed E-state index contributed by atoms with van der Waals surface area (Å²) in [6.07, 6.45) is 8.59. The lowest BCUT2D eigenvalue weighted by Gasteiger charge is -2.30. The first-order valence-electron chi connectivity index (χ1n) is 17.6. The van der Waals surface area contributed by atoms with E-state index in [0.717, 1.165) is 12.8 Å². The molecule has 4 amide bonds. The zero-order valence-electron chi connectivity index (χ0n) is 28.9. The fraction of sp³-hybridized carbons (Fsp3) is 0.514. The van der Waals surface area contributed by atoms with Gasteiger partial charge in [-0.05, 0) is 63.6 Å². The molecule has 4 heterocycles. The summed E-state index contributed by atoms with van der Waals surface area (Å²) < 4.78 is 50.0. The third-order valence-electron chi connectivity index (χ3n) is 10.3. The Morgan fingerprint density at radius 2 is 1.90 bits per heavy atom. The fourth-order valence-electron chi connectivity index (χ4n) is 7.06. The highest BCUT2D eigenvalue weighted by atomic mass is 32.2. The molecule has 7 rings (SSSR count). The average molecular weight is 737 g/mol. The molecule has 3 fully saturated rings. The molecule has 4 aliphatic rings. The van der Waals surface area contributed by atoms with Crippen LogP contribution < -0.4 is 20.1 Å². The van der Waals surface area contributed by atoms with Crippen LogP contribution in [0.1, 0.15) is 74.0 Å². The van der Waals surface area contributed by atoms with Crippen molar-refractivity contribution in [2.45, 2.75) is 93.7 Å². The van der Waals surface area contributed by atoms with Gasteiger partial charge < -0.3 is 20.3 Å². The maximum Gasteiger partial charge on any atom is 0.270 e. The van der Waals surface area contributed by atoms with Crippen LogP contribution in [0.25, 0.3) is 11.0 Å². The number of aryl methyl sites for hydroxylation is 2. The lowest BCUT2D eigenvalue weighted by atomic mass is 10.0. The van der Waals surface area contributed by atoms with Crippen molar-refractivity contribution >= 4 is 44.7 Å². The molecule has 0 spiro atoms. The normalized spacial score (nSPS) is 27.4. The van der Waals surface area contributed by atoms with Gasteiger partial charge in [-0.3, -0.25) is 28.6 Å². The molecule has 17 heteroatoms. The number of rotatable bonds is 7. The van der Waals surface area contributed by atoms with Gasteiger partial charge in [0.05, 0.1) is 17.3 Å². The van der Waals surface area contributed by atoms with Gasteiger partial charge in [0.25, 0.3) is 11.8 Å². The molecule has 1 aromatic carbocycles. The molecular formula is C35H41FN8O7S. The Hall–Kier alpha value is -4.93. The van der Waals surface area contributed by atoms with Crippen molar-refractivity contribution < 1.29 is 36.7 Å². The van der Waals surface area contributed by atoms with E-state index < -0.39 is 74.4 Å². The Morgan fingerprint density at radius 1 is 1.10 bits per heavy atom. The minimum absolute atomic E-state index is 0.00429. The molecule has 2 aromatic heterocycles. The van der Waals surface area contributed by atoms with Crippen molar-refractivity contribution in [2.75, 3.05) is 6.54 Å². The van der Waals surface area contributed by atoms with Gasteiger partial charge in [0.2, 0.25) is 27.7 Å². The quantitative estimate of drug-likeness (QED) is 0.302. The van der Waals surface area contributed by atoms with Crippen molar-refractivity contribution in [1.29, 1.82) is 0 Å². The summed E-state index contributed by atoms with van der Waals surface area (Å²) in [6, 6.07) is 3.76. The third-order valence-corrected chi connectivity index (χ3v) is 12.1. The van der Waals surface area contributed by atoms with Crippen LogP contribution in [0.5, 0.6) is 5.88 Å². The number of carbonyl (C=O) groups excluding carboxylic acids is 4. The van der Waals surface area contributed by atoms with Crippen LogP contribution in [0, 0.1) is 18.7 Å². The number of hydrogen-bond acceptors (Lipinski definition) is 10. The summed E-state index contributed by atoms with van der Waals surface area (Å²) >= 11 is 0. The summed E-state index contributed by atoms with van der Waals surface area (Å²) in [5, 5.41) is 9.08. The standard InChI is InChI=1S/C35H41FN8O7S/c1-20-32(40-29-24(36)10-8-12-25(29)38-20)51-22-17-28-31(46)41-35(34(48)42-52(49,50)23-13-14-23)18-21(35)9-6-4-3-5-7-11-26(33(47)44(28)19-22)39-30(45)27-15-16-37-43(27)2/h6,8-10,12,15-16,21-23,26,28H,3-5,7,11,13-14,17-19H2,1-2H3,(H,39,45)(H,41,46)(H,42,48)/b9-6-. The number of halogens is 1. The monoisotopic (exact) mass is 736 g/mol. The van der Waals surface area contributed by atoms with Gasteiger partial charge in [-0.2, -0.15) is 5.10 Å². The number of carbonyl (C=O) groups is 4. The van der Waals surface area contributed by atoms with Crippen molar-refractivity contribution in [3.8, 4) is 5.88 Å². The summed E-state index contributed by atoms with van der Waals surface area (Å²) in [6.45, 7) is 1.56. The number of nitrogens with one attached hydrogen (secondary N) is 3. The van der Waals surface area contributed by atoms with Crippen molar-refractivity contribution in [2.24, 2.45) is 13.0 Å². The van der Waals surface area contributed by atoms with Gasteiger partial charge in [0.15, 0.2) is 5.82 Å². The minimum atomic E-state index is -3.91. The number of aromatic nitrogens is 4. The zero-order valence-corrected chi connectivity index (χ0v) is 29.7. The molecule has 0 radical (unpaired) electrons. The molecule has 5 atom stereocenters. The highest BCUT2D eigenvalue weighted by Crippen LogP contribution is 2.46. The average Bonchev–Trinajstić information content (AvgIpc) is 3.99. The molecule has 15 nitrogen and oxygen atoms in total. The van der Waals surface area contributed by atoms with E-state index in [0.29, 0.717) is 43.3 Å². The SMILES string of the molecule is Cc1nc2cccc(F)c2nc1OC1CC2C(=O)NC3(C(=O)NS(=O)(=O)C4CC4)CC3/C=C\CCCCCC(NC(=O)c3ccnn3C)C(=O)N2C1. The number of nitrogens with zero attached hydrogens (tertiary/aromatic N) is 5. The van der Waals surface area contributed by atoms with Crippen molar-refractivity contribution in [1.82, 2.24) is 40.0 Å². The highest BCUT2D eigenvalue weighted by Gasteiger charge is 2.62. The van der Waals surface area contributed by atoms with Gasteiger partial charge >= 0.3 is 0 Å². The predicted octanol–water partition coefficient (Wildman–Crippen LogP) is 1.96. The van der Waals surface area contributed by atoms with Crippen molar-refractivity contribution in [3.05, 3.63) is 59.8 Å². The molecule has 5 unspecified atom stereocenters. The number of allylic oxidation sites excluding steroid dienone is 1. The summed E-state index contributed by atoms with van der Waals surface area (Å²) in [7, 11) is -2.30. The fourth-order valence-corrected chi connectivity index (χ4v) is 8.43. The second kappa shape index (κ2) is 13.9. The Labute approximate surface area is 299 Å². The highest BCUT2D eigenvalue weighted by molar-refractivity contribution is 7.91. The number of sulfonamides is 1. The van der Waals surface area contributed by atoms with E-state index in [1.165, 1.54) is 34.0 Å². The Bertz CT molecular complexity index is 2070. The molecule has 2 aliphatic carbocycles. The molecule has 2 saturated carbocycles. The lowest BCUT2D eigenvalue weighted by molar-refractivity contribution is -0.141. The first kappa shape index (κ1) is 35.5. The van der Waals surface area contributed by atoms with Crippen LogP contribution in [0.15, 0.2) is 42.6 Å². The first-order valence-corrected chi connectivity index (χ1v) is 19.1. The van der Waals surface area contributed by atoms with E-state index in [1.54, 1.807) is 20.0 Å². The Morgan fingerprint density at radius 3 is 2.65 bits per heavy atom. The van der Waals surface area contributed by atoms with Crippen LogP contribution in [0.2, 0.25) is 0 Å². The molecule has 3 aromatic rings. The van der Waals surface area contributed by atoms with Crippen LogP contribution in [0.3, 0.4) is 0 Å². The topological polar surface area (TPSA) is 195 Å². The molecule has 52 heavy (non-hydrogen) atoms. The van der Waals surface area contributed by atoms with Crippen LogP contribution >= 0.6 is 0 Å². The second-order valence-electron chi connectivity index (χ2n) is 14.1. The van der Waals surface area contributed by atoms with E-state index in [2.05, 4.69) is 30.4 Å². The molecule has 0 bridgehead atoms. The van der Waals surface area contributed by atoms with Gasteiger partial charge in [-0.15, -0.1) is 0 Å². The number of para-hydroxylation sites is 1. The Balaban J connectivity index is 1.20. The number of amides is 4. The number of fused-ring (bicyclic) bond motifs is 3. The summed E-state index contributed by atoms with van der Waals surface area (Å²) in [4.78, 5) is 65.9. The summed E-state index contributed by atoms with van der Waals surface area (Å²) in [5.74, 6) is -3.53. The maximum atomic E-state index is 14.7.